The third-order valence-corrected chi connectivity index (χ3v) is 3.18. The van der Waals surface area contributed by atoms with Crippen molar-refractivity contribution in [2.75, 3.05) is 25.2 Å². The smallest absolute Gasteiger partial charge is 0.308 e. The summed E-state index contributed by atoms with van der Waals surface area (Å²) in [4.78, 5) is 37.0. The minimum absolute atomic E-state index is 0.0332. The van der Waals surface area contributed by atoms with Crippen molar-refractivity contribution in [2.45, 2.75) is 13.1 Å². The van der Waals surface area contributed by atoms with Crippen molar-refractivity contribution in [2.24, 2.45) is 0 Å². The van der Waals surface area contributed by atoms with Gasteiger partial charge < -0.3 is 19.8 Å². The van der Waals surface area contributed by atoms with Gasteiger partial charge in [0.25, 0.3) is 5.91 Å². The molecule has 2 aliphatic rings. The molecule has 0 saturated carbocycles. The Hall–Kier alpha value is -2.35. The third kappa shape index (κ3) is 1.94. The molecule has 8 heteroatoms. The fourth-order valence-electron chi connectivity index (χ4n) is 2.32. The standard InChI is InChI=1S/C12H13N3O5/c1-7(16)20-11-8(17)2-3-15-10(11)12(18)14-4-5-19-6-9(14)13-15/h2-3,9,13H,4-6H2,1H3/t9-/m0/s1. The second-order valence-corrected chi connectivity index (χ2v) is 4.54. The van der Waals surface area contributed by atoms with Crippen LogP contribution in [0.5, 0.6) is 5.75 Å². The molecular weight excluding hydrogens is 266 g/mol. The molecule has 20 heavy (non-hydrogen) atoms. The van der Waals surface area contributed by atoms with Gasteiger partial charge in [-0.05, 0) is 0 Å². The van der Waals surface area contributed by atoms with Gasteiger partial charge in [-0.15, -0.1) is 0 Å². The van der Waals surface area contributed by atoms with Crippen LogP contribution in [0.1, 0.15) is 17.4 Å². The highest BCUT2D eigenvalue weighted by Crippen LogP contribution is 2.22. The van der Waals surface area contributed by atoms with Crippen molar-refractivity contribution < 1.29 is 19.1 Å². The van der Waals surface area contributed by atoms with E-state index in [4.69, 9.17) is 9.47 Å². The highest BCUT2D eigenvalue weighted by molar-refractivity contribution is 5.97. The Bertz CT molecular complexity index is 638. The predicted octanol–water partition coefficient (Wildman–Crippen LogP) is -0.871. The Morgan fingerprint density at radius 3 is 3.05 bits per heavy atom. The molecule has 0 radical (unpaired) electrons. The Kier molecular flexibility index (Phi) is 2.94. The zero-order chi connectivity index (χ0) is 14.3. The van der Waals surface area contributed by atoms with Gasteiger partial charge in [0.2, 0.25) is 11.2 Å². The van der Waals surface area contributed by atoms with E-state index in [2.05, 4.69) is 5.43 Å². The molecule has 8 nitrogen and oxygen atoms in total. The monoisotopic (exact) mass is 279 g/mol. The van der Waals surface area contributed by atoms with Gasteiger partial charge in [0.15, 0.2) is 5.69 Å². The molecule has 1 amide bonds. The van der Waals surface area contributed by atoms with Crippen LogP contribution < -0.4 is 15.6 Å². The fourth-order valence-corrected chi connectivity index (χ4v) is 2.32. The number of carbonyl (C=O) groups excluding carboxylic acids is 2. The maximum atomic E-state index is 12.5. The van der Waals surface area contributed by atoms with Crippen LogP contribution in [0.25, 0.3) is 0 Å². The molecular formula is C12H13N3O5. The van der Waals surface area contributed by atoms with Crippen molar-refractivity contribution >= 4 is 11.9 Å². The van der Waals surface area contributed by atoms with Crippen molar-refractivity contribution in [1.82, 2.24) is 9.58 Å². The summed E-state index contributed by atoms with van der Waals surface area (Å²) in [6.07, 6.45) is 1.14. The number of nitrogens with zero attached hydrogens (tertiary/aromatic N) is 2. The van der Waals surface area contributed by atoms with Gasteiger partial charge in [-0.25, -0.2) is 0 Å². The molecule has 0 aliphatic carbocycles. The SMILES string of the molecule is CC(=O)Oc1c2n(ccc1=O)N[C@@H]1COCCN1C2=O. The Balaban J connectivity index is 2.10. The molecule has 1 aromatic heterocycles. The summed E-state index contributed by atoms with van der Waals surface area (Å²) in [5.74, 6) is -1.25. The van der Waals surface area contributed by atoms with Gasteiger partial charge >= 0.3 is 5.97 Å². The summed E-state index contributed by atoms with van der Waals surface area (Å²) in [5, 5.41) is 0. The second kappa shape index (κ2) is 4.64. The molecule has 1 N–H and O–H groups in total. The van der Waals surface area contributed by atoms with E-state index in [0.717, 1.165) is 0 Å². The lowest BCUT2D eigenvalue weighted by molar-refractivity contribution is -0.132. The molecule has 1 fully saturated rings. The summed E-state index contributed by atoms with van der Waals surface area (Å²) in [6, 6.07) is 1.24. The van der Waals surface area contributed by atoms with Crippen molar-refractivity contribution in [3.8, 4) is 5.75 Å². The van der Waals surface area contributed by atoms with Crippen LogP contribution in [0, 0.1) is 0 Å². The predicted molar refractivity (Wildman–Crippen MR) is 67.0 cm³/mol. The van der Waals surface area contributed by atoms with Crippen LogP contribution >= 0.6 is 0 Å². The third-order valence-electron chi connectivity index (χ3n) is 3.18. The number of hydrogen-bond donors (Lipinski definition) is 1. The topological polar surface area (TPSA) is 89.9 Å². The van der Waals surface area contributed by atoms with Gasteiger partial charge in [-0.1, -0.05) is 0 Å². The molecule has 0 bridgehead atoms. The quantitative estimate of drug-likeness (QED) is 0.672. The second-order valence-electron chi connectivity index (χ2n) is 4.54. The van der Waals surface area contributed by atoms with Gasteiger partial charge in [-0.3, -0.25) is 19.1 Å². The van der Waals surface area contributed by atoms with E-state index in [9.17, 15) is 14.4 Å². The van der Waals surface area contributed by atoms with Crippen LogP contribution in [0.3, 0.4) is 0 Å². The minimum Gasteiger partial charge on any atom is -0.420 e. The van der Waals surface area contributed by atoms with Crippen LogP contribution in [-0.4, -0.2) is 47.4 Å². The lowest BCUT2D eigenvalue weighted by Gasteiger charge is -2.41. The zero-order valence-electron chi connectivity index (χ0n) is 10.8. The summed E-state index contributed by atoms with van der Waals surface area (Å²) in [5.41, 5.74) is 2.56. The molecule has 1 aromatic rings. The number of pyridine rings is 1. The average Bonchev–Trinajstić information content (AvgIpc) is 2.42. The van der Waals surface area contributed by atoms with Gasteiger partial charge in [0.1, 0.15) is 6.17 Å². The van der Waals surface area contributed by atoms with E-state index < -0.39 is 11.4 Å². The average molecular weight is 279 g/mol. The highest BCUT2D eigenvalue weighted by atomic mass is 16.5. The van der Waals surface area contributed by atoms with Crippen LogP contribution in [-0.2, 0) is 9.53 Å². The van der Waals surface area contributed by atoms with E-state index in [1.165, 1.54) is 23.9 Å². The number of aromatic nitrogens is 1. The van der Waals surface area contributed by atoms with E-state index >= 15 is 0 Å². The van der Waals surface area contributed by atoms with Crippen molar-refractivity contribution in [1.29, 1.82) is 0 Å². The number of amides is 1. The molecule has 0 unspecified atom stereocenters. The summed E-state index contributed by atoms with van der Waals surface area (Å²) < 4.78 is 11.6. The largest absolute Gasteiger partial charge is 0.420 e. The molecule has 0 spiro atoms. The molecule has 1 saturated heterocycles. The molecule has 3 heterocycles. The lowest BCUT2D eigenvalue weighted by Crippen LogP contribution is -2.59. The van der Waals surface area contributed by atoms with Crippen LogP contribution in [0.15, 0.2) is 17.1 Å². The number of morpholine rings is 1. The minimum atomic E-state index is -0.645. The fraction of sp³-hybridized carbons (Fsp3) is 0.417. The summed E-state index contributed by atoms with van der Waals surface area (Å²) in [6.45, 7) is 2.39. The molecule has 0 aromatic carbocycles. The number of carbonyl (C=O) groups is 2. The van der Waals surface area contributed by atoms with Gasteiger partial charge in [0, 0.05) is 25.7 Å². The Labute approximate surface area is 113 Å². The first kappa shape index (κ1) is 12.7. The van der Waals surface area contributed by atoms with Crippen molar-refractivity contribution in [3.63, 3.8) is 0 Å². The number of fused-ring (bicyclic) bond motifs is 2. The first-order valence-corrected chi connectivity index (χ1v) is 6.17. The van der Waals surface area contributed by atoms with E-state index in [1.54, 1.807) is 4.90 Å². The number of nitrogens with one attached hydrogen (secondary N) is 1. The highest BCUT2D eigenvalue weighted by Gasteiger charge is 2.37. The maximum Gasteiger partial charge on any atom is 0.308 e. The van der Waals surface area contributed by atoms with Crippen LogP contribution in [0.4, 0.5) is 0 Å². The summed E-state index contributed by atoms with van der Waals surface area (Å²) in [7, 11) is 0. The summed E-state index contributed by atoms with van der Waals surface area (Å²) >= 11 is 0. The number of hydrogen-bond acceptors (Lipinski definition) is 6. The Morgan fingerprint density at radius 2 is 2.30 bits per heavy atom. The number of esters is 1. The normalized spacial score (nSPS) is 20.8. The zero-order valence-corrected chi connectivity index (χ0v) is 10.8. The molecule has 3 rings (SSSR count). The molecule has 1 atom stereocenters. The molecule has 106 valence electrons. The van der Waals surface area contributed by atoms with Gasteiger partial charge in [-0.2, -0.15) is 0 Å². The maximum absolute atomic E-state index is 12.5. The first-order chi connectivity index (χ1) is 9.58. The van der Waals surface area contributed by atoms with E-state index in [1.807, 2.05) is 0 Å². The molecule has 2 aliphatic heterocycles. The van der Waals surface area contributed by atoms with E-state index in [-0.39, 0.29) is 23.5 Å². The lowest BCUT2D eigenvalue weighted by atomic mass is 10.2. The number of ether oxygens (including phenoxy) is 2. The van der Waals surface area contributed by atoms with Gasteiger partial charge in [0.05, 0.1) is 13.2 Å². The number of rotatable bonds is 1. The van der Waals surface area contributed by atoms with Crippen LogP contribution in [0.2, 0.25) is 0 Å². The van der Waals surface area contributed by atoms with E-state index in [0.29, 0.717) is 19.8 Å². The van der Waals surface area contributed by atoms with Crippen molar-refractivity contribution in [3.05, 3.63) is 28.2 Å². The first-order valence-electron chi connectivity index (χ1n) is 6.17. The Morgan fingerprint density at radius 1 is 1.50 bits per heavy atom.